The normalized spacial score (nSPS) is 13.5. The van der Waals surface area contributed by atoms with E-state index >= 15 is 0 Å². The molecule has 3 heteroatoms. The lowest BCUT2D eigenvalue weighted by Crippen LogP contribution is -2.26. The maximum absolute atomic E-state index is 6.06. The second-order valence-electron chi connectivity index (χ2n) is 5.03. The van der Waals surface area contributed by atoms with E-state index in [0.717, 1.165) is 11.3 Å². The van der Waals surface area contributed by atoms with Gasteiger partial charge in [-0.2, -0.15) is 0 Å². The highest BCUT2D eigenvalue weighted by molar-refractivity contribution is 5.29. The Kier molecular flexibility index (Phi) is 4.97. The number of hydrogen-bond donors (Lipinski definition) is 1. The highest BCUT2D eigenvalue weighted by atomic mass is 16.5. The Labute approximate surface area is 104 Å². The topological polar surface area (TPSA) is 44.5 Å². The molecule has 1 unspecified atom stereocenters. The summed E-state index contributed by atoms with van der Waals surface area (Å²) in [4.78, 5) is 0. The van der Waals surface area contributed by atoms with E-state index in [9.17, 15) is 0 Å². The van der Waals surface area contributed by atoms with Crippen molar-refractivity contribution in [2.45, 2.75) is 39.3 Å². The molecule has 1 aromatic rings. The first kappa shape index (κ1) is 14.0. The molecule has 0 radical (unpaired) electrons. The summed E-state index contributed by atoms with van der Waals surface area (Å²) in [5, 5.41) is 0. The fraction of sp³-hybridized carbons (Fsp3) is 0.571. The summed E-state index contributed by atoms with van der Waals surface area (Å²) in [5.74, 6) is 0.875. The van der Waals surface area contributed by atoms with Gasteiger partial charge in [0.25, 0.3) is 0 Å². The third kappa shape index (κ3) is 5.20. The van der Waals surface area contributed by atoms with Crippen LogP contribution in [0.5, 0.6) is 5.75 Å². The minimum atomic E-state index is -0.150. The van der Waals surface area contributed by atoms with Crippen molar-refractivity contribution < 1.29 is 9.47 Å². The summed E-state index contributed by atoms with van der Waals surface area (Å²) in [7, 11) is 0. The molecular formula is C14H23NO2. The van der Waals surface area contributed by atoms with Crippen molar-refractivity contribution in [3.63, 3.8) is 0 Å². The quantitative estimate of drug-likeness (QED) is 0.856. The molecule has 0 saturated carbocycles. The summed E-state index contributed by atoms with van der Waals surface area (Å²) < 4.78 is 11.0. The Morgan fingerprint density at radius 3 is 2.24 bits per heavy atom. The lowest BCUT2D eigenvalue weighted by atomic mass is 10.1. The molecule has 1 rings (SSSR count). The minimum absolute atomic E-state index is 0.0927. The first-order chi connectivity index (χ1) is 7.92. The van der Waals surface area contributed by atoms with E-state index in [1.165, 1.54) is 0 Å². The first-order valence-electron chi connectivity index (χ1n) is 6.04. The standard InChI is InChI=1S/C14H23NO2/c1-5-16-12-8-6-11(7-9-12)13(15)10-17-14(2,3)4/h6-9,13H,5,10,15H2,1-4H3. The van der Waals surface area contributed by atoms with E-state index < -0.39 is 0 Å². The van der Waals surface area contributed by atoms with Gasteiger partial charge in [0, 0.05) is 0 Å². The van der Waals surface area contributed by atoms with Crippen LogP contribution in [-0.2, 0) is 4.74 Å². The highest BCUT2D eigenvalue weighted by Crippen LogP contribution is 2.18. The molecule has 0 spiro atoms. The van der Waals surface area contributed by atoms with Crippen LogP contribution in [0.1, 0.15) is 39.3 Å². The van der Waals surface area contributed by atoms with Crippen LogP contribution in [0.2, 0.25) is 0 Å². The maximum atomic E-state index is 6.06. The van der Waals surface area contributed by atoms with Crippen LogP contribution in [0.3, 0.4) is 0 Å². The molecule has 0 heterocycles. The minimum Gasteiger partial charge on any atom is -0.494 e. The van der Waals surface area contributed by atoms with Crippen molar-refractivity contribution in [2.24, 2.45) is 5.73 Å². The Morgan fingerprint density at radius 1 is 1.18 bits per heavy atom. The van der Waals surface area contributed by atoms with Crippen LogP contribution >= 0.6 is 0 Å². The lowest BCUT2D eigenvalue weighted by molar-refractivity contribution is -0.0102. The summed E-state index contributed by atoms with van der Waals surface area (Å²) in [6.07, 6.45) is 0. The molecular weight excluding hydrogens is 214 g/mol. The summed E-state index contributed by atoms with van der Waals surface area (Å²) in [6.45, 7) is 9.25. The summed E-state index contributed by atoms with van der Waals surface area (Å²) in [5.41, 5.74) is 6.98. The van der Waals surface area contributed by atoms with E-state index in [0.29, 0.717) is 13.2 Å². The van der Waals surface area contributed by atoms with Gasteiger partial charge in [0.1, 0.15) is 5.75 Å². The van der Waals surface area contributed by atoms with Crippen LogP contribution in [0.25, 0.3) is 0 Å². The Hall–Kier alpha value is -1.06. The van der Waals surface area contributed by atoms with Gasteiger partial charge in [-0.1, -0.05) is 12.1 Å². The molecule has 0 saturated heterocycles. The third-order valence-corrected chi connectivity index (χ3v) is 2.32. The maximum Gasteiger partial charge on any atom is 0.119 e. The molecule has 3 nitrogen and oxygen atoms in total. The number of hydrogen-bond acceptors (Lipinski definition) is 3. The van der Waals surface area contributed by atoms with Crippen LogP contribution in [-0.4, -0.2) is 18.8 Å². The van der Waals surface area contributed by atoms with Gasteiger partial charge in [0.2, 0.25) is 0 Å². The van der Waals surface area contributed by atoms with E-state index in [1.54, 1.807) is 0 Å². The van der Waals surface area contributed by atoms with Crippen LogP contribution < -0.4 is 10.5 Å². The molecule has 17 heavy (non-hydrogen) atoms. The molecule has 0 aromatic heterocycles. The van der Waals surface area contributed by atoms with Crippen molar-refractivity contribution in [3.05, 3.63) is 29.8 Å². The zero-order valence-corrected chi connectivity index (χ0v) is 11.2. The SMILES string of the molecule is CCOc1ccc(C(N)COC(C)(C)C)cc1. The molecule has 0 aliphatic rings. The molecule has 1 atom stereocenters. The van der Waals surface area contributed by atoms with Crippen molar-refractivity contribution in [3.8, 4) is 5.75 Å². The molecule has 96 valence electrons. The Balaban J connectivity index is 2.54. The lowest BCUT2D eigenvalue weighted by Gasteiger charge is -2.22. The number of ether oxygens (including phenoxy) is 2. The molecule has 0 amide bonds. The predicted molar refractivity (Wildman–Crippen MR) is 70.2 cm³/mol. The van der Waals surface area contributed by atoms with E-state index in [4.69, 9.17) is 15.2 Å². The van der Waals surface area contributed by atoms with Crippen molar-refractivity contribution in [1.82, 2.24) is 0 Å². The van der Waals surface area contributed by atoms with Gasteiger partial charge in [-0.15, -0.1) is 0 Å². The van der Waals surface area contributed by atoms with Crippen molar-refractivity contribution in [2.75, 3.05) is 13.2 Å². The summed E-state index contributed by atoms with van der Waals surface area (Å²) in [6, 6.07) is 7.76. The largest absolute Gasteiger partial charge is 0.494 e. The number of nitrogens with two attached hydrogens (primary N) is 1. The Bertz CT molecular complexity index is 327. The van der Waals surface area contributed by atoms with Gasteiger partial charge in [0.15, 0.2) is 0 Å². The fourth-order valence-electron chi connectivity index (χ4n) is 1.41. The van der Waals surface area contributed by atoms with E-state index in [1.807, 2.05) is 52.0 Å². The van der Waals surface area contributed by atoms with Gasteiger partial charge in [0.05, 0.1) is 24.9 Å². The second-order valence-corrected chi connectivity index (χ2v) is 5.03. The van der Waals surface area contributed by atoms with Gasteiger partial charge < -0.3 is 15.2 Å². The molecule has 1 aromatic carbocycles. The van der Waals surface area contributed by atoms with Gasteiger partial charge >= 0.3 is 0 Å². The second kappa shape index (κ2) is 6.03. The molecule has 0 fully saturated rings. The van der Waals surface area contributed by atoms with Crippen LogP contribution in [0, 0.1) is 0 Å². The van der Waals surface area contributed by atoms with Crippen LogP contribution in [0.4, 0.5) is 0 Å². The third-order valence-electron chi connectivity index (χ3n) is 2.32. The van der Waals surface area contributed by atoms with Crippen molar-refractivity contribution >= 4 is 0 Å². The van der Waals surface area contributed by atoms with Crippen LogP contribution in [0.15, 0.2) is 24.3 Å². The summed E-state index contributed by atoms with van der Waals surface area (Å²) >= 11 is 0. The fourth-order valence-corrected chi connectivity index (χ4v) is 1.41. The van der Waals surface area contributed by atoms with Gasteiger partial charge in [-0.05, 0) is 45.4 Å². The highest BCUT2D eigenvalue weighted by Gasteiger charge is 2.13. The zero-order chi connectivity index (χ0) is 12.9. The van der Waals surface area contributed by atoms with Crippen molar-refractivity contribution in [1.29, 1.82) is 0 Å². The smallest absolute Gasteiger partial charge is 0.119 e. The number of rotatable bonds is 5. The number of benzene rings is 1. The zero-order valence-electron chi connectivity index (χ0n) is 11.2. The monoisotopic (exact) mass is 237 g/mol. The average molecular weight is 237 g/mol. The molecule has 0 bridgehead atoms. The predicted octanol–water partition coefficient (Wildman–Crippen LogP) is 2.90. The molecule has 0 aliphatic heterocycles. The van der Waals surface area contributed by atoms with Gasteiger partial charge in [-0.3, -0.25) is 0 Å². The van der Waals surface area contributed by atoms with E-state index in [-0.39, 0.29) is 11.6 Å². The average Bonchev–Trinajstić information content (AvgIpc) is 2.26. The first-order valence-corrected chi connectivity index (χ1v) is 6.04. The Morgan fingerprint density at radius 2 is 1.76 bits per heavy atom. The van der Waals surface area contributed by atoms with Gasteiger partial charge in [-0.25, -0.2) is 0 Å². The molecule has 2 N–H and O–H groups in total. The molecule has 0 aliphatic carbocycles. The van der Waals surface area contributed by atoms with E-state index in [2.05, 4.69) is 0 Å².